The molecule has 0 radical (unpaired) electrons. The van der Waals surface area contributed by atoms with E-state index in [2.05, 4.69) is 12.2 Å². The minimum atomic E-state index is -0.351. The Balaban J connectivity index is 1.40. The highest BCUT2D eigenvalue weighted by Crippen LogP contribution is 2.18. The van der Waals surface area contributed by atoms with Crippen LogP contribution in [0.4, 0.5) is 4.79 Å². The lowest BCUT2D eigenvalue weighted by atomic mass is 10.1. The van der Waals surface area contributed by atoms with E-state index in [0.29, 0.717) is 31.7 Å². The molecule has 6 nitrogen and oxygen atoms in total. The van der Waals surface area contributed by atoms with E-state index in [1.165, 1.54) is 0 Å². The molecule has 0 bridgehead atoms. The monoisotopic (exact) mass is 382 g/mol. The molecule has 1 heterocycles. The number of hydrogen-bond donors (Lipinski definition) is 1. The van der Waals surface area contributed by atoms with E-state index in [9.17, 15) is 9.59 Å². The summed E-state index contributed by atoms with van der Waals surface area (Å²) in [5.74, 6) is 1.14. The van der Waals surface area contributed by atoms with Crippen LogP contribution in [0.1, 0.15) is 25.3 Å². The van der Waals surface area contributed by atoms with Gasteiger partial charge in [0.25, 0.3) is 5.91 Å². The first kappa shape index (κ1) is 19.7. The maximum atomic E-state index is 12.2. The zero-order valence-corrected chi connectivity index (χ0v) is 16.1. The fourth-order valence-electron chi connectivity index (χ4n) is 3.21. The number of benzene rings is 2. The van der Waals surface area contributed by atoms with Gasteiger partial charge in [0.2, 0.25) is 0 Å². The Bertz CT molecular complexity index is 786. The van der Waals surface area contributed by atoms with Crippen LogP contribution >= 0.6 is 0 Å². The summed E-state index contributed by atoms with van der Waals surface area (Å²) in [5, 5.41) is 2.99. The van der Waals surface area contributed by atoms with Crippen molar-refractivity contribution in [3.8, 4) is 11.5 Å². The molecule has 6 heteroatoms. The van der Waals surface area contributed by atoms with Gasteiger partial charge in [-0.3, -0.25) is 4.79 Å². The Morgan fingerprint density at radius 1 is 1.04 bits per heavy atom. The van der Waals surface area contributed by atoms with Gasteiger partial charge in [0.05, 0.1) is 0 Å². The highest BCUT2D eigenvalue weighted by Gasteiger charge is 2.25. The standard InChI is InChI=1S/C22H26N2O4/c1-2-17-8-6-7-11-20(17)27-16-21(25)23-18-12-14-24(15-13-18)22(26)28-19-9-4-3-5-10-19/h3-11,18H,2,12-16H2,1H3,(H,23,25). The molecule has 28 heavy (non-hydrogen) atoms. The van der Waals surface area contributed by atoms with Crippen molar-refractivity contribution >= 4 is 12.0 Å². The molecule has 0 atom stereocenters. The molecule has 1 aliphatic heterocycles. The third-order valence-electron chi connectivity index (χ3n) is 4.78. The fourth-order valence-corrected chi connectivity index (χ4v) is 3.21. The van der Waals surface area contributed by atoms with Crippen LogP contribution in [0.25, 0.3) is 0 Å². The second-order valence-electron chi connectivity index (χ2n) is 6.76. The number of carbonyl (C=O) groups excluding carboxylic acids is 2. The molecule has 0 unspecified atom stereocenters. The molecule has 1 aliphatic rings. The van der Waals surface area contributed by atoms with Crippen molar-refractivity contribution < 1.29 is 19.1 Å². The normalized spacial score (nSPS) is 14.4. The van der Waals surface area contributed by atoms with Crippen LogP contribution in [0.2, 0.25) is 0 Å². The molecular formula is C22H26N2O4. The molecular weight excluding hydrogens is 356 g/mol. The van der Waals surface area contributed by atoms with Gasteiger partial charge in [-0.2, -0.15) is 0 Å². The zero-order chi connectivity index (χ0) is 19.8. The topological polar surface area (TPSA) is 67.9 Å². The molecule has 1 saturated heterocycles. The predicted molar refractivity (Wildman–Crippen MR) is 107 cm³/mol. The molecule has 1 N–H and O–H groups in total. The van der Waals surface area contributed by atoms with Crippen LogP contribution in [0.5, 0.6) is 11.5 Å². The molecule has 148 valence electrons. The molecule has 0 spiro atoms. The third-order valence-corrected chi connectivity index (χ3v) is 4.78. The number of amides is 2. The Morgan fingerprint density at radius 3 is 2.43 bits per heavy atom. The Labute approximate surface area is 165 Å². The first-order valence-corrected chi connectivity index (χ1v) is 9.67. The van der Waals surface area contributed by atoms with Gasteiger partial charge >= 0.3 is 6.09 Å². The lowest BCUT2D eigenvalue weighted by molar-refractivity contribution is -0.124. The maximum absolute atomic E-state index is 12.2. The SMILES string of the molecule is CCc1ccccc1OCC(=O)NC1CCN(C(=O)Oc2ccccc2)CC1. The van der Waals surface area contributed by atoms with E-state index in [-0.39, 0.29) is 24.6 Å². The van der Waals surface area contributed by atoms with Gasteiger partial charge in [0.15, 0.2) is 6.61 Å². The number of nitrogens with one attached hydrogen (secondary N) is 1. The summed E-state index contributed by atoms with van der Waals surface area (Å²) >= 11 is 0. The molecule has 2 aromatic rings. The zero-order valence-electron chi connectivity index (χ0n) is 16.1. The second-order valence-corrected chi connectivity index (χ2v) is 6.76. The van der Waals surface area contributed by atoms with Crippen molar-refractivity contribution in [2.75, 3.05) is 19.7 Å². The second kappa shape index (κ2) is 9.78. The average molecular weight is 382 g/mol. The number of rotatable bonds is 6. The van der Waals surface area contributed by atoms with Gasteiger partial charge in [-0.15, -0.1) is 0 Å². The molecule has 3 rings (SSSR count). The number of aryl methyl sites for hydroxylation is 1. The molecule has 2 amide bonds. The first-order chi connectivity index (χ1) is 13.7. The number of piperidine rings is 1. The van der Waals surface area contributed by atoms with Crippen LogP contribution < -0.4 is 14.8 Å². The first-order valence-electron chi connectivity index (χ1n) is 9.67. The largest absolute Gasteiger partial charge is 0.483 e. The van der Waals surface area contributed by atoms with Crippen LogP contribution in [0.15, 0.2) is 54.6 Å². The summed E-state index contributed by atoms with van der Waals surface area (Å²) < 4.78 is 11.0. The molecule has 0 aromatic heterocycles. The van der Waals surface area contributed by atoms with Crippen LogP contribution in [0, 0.1) is 0 Å². The predicted octanol–water partition coefficient (Wildman–Crippen LogP) is 3.41. The van der Waals surface area contributed by atoms with E-state index in [1.54, 1.807) is 17.0 Å². The minimum Gasteiger partial charge on any atom is -0.483 e. The smallest absolute Gasteiger partial charge is 0.415 e. The van der Waals surface area contributed by atoms with Crippen molar-refractivity contribution in [3.05, 3.63) is 60.2 Å². The summed E-state index contributed by atoms with van der Waals surface area (Å²) in [7, 11) is 0. The maximum Gasteiger partial charge on any atom is 0.415 e. The Hall–Kier alpha value is -3.02. The highest BCUT2D eigenvalue weighted by atomic mass is 16.6. The van der Waals surface area contributed by atoms with Crippen molar-refractivity contribution in [2.45, 2.75) is 32.2 Å². The van der Waals surface area contributed by atoms with Gasteiger partial charge in [-0.25, -0.2) is 4.79 Å². The number of hydrogen-bond acceptors (Lipinski definition) is 4. The van der Waals surface area contributed by atoms with Crippen molar-refractivity contribution in [2.24, 2.45) is 0 Å². The van der Waals surface area contributed by atoms with Crippen LogP contribution in [-0.4, -0.2) is 42.6 Å². The third kappa shape index (κ3) is 5.49. The van der Waals surface area contributed by atoms with Gasteiger partial charge in [0.1, 0.15) is 11.5 Å². The lowest BCUT2D eigenvalue weighted by Crippen LogP contribution is -2.48. The van der Waals surface area contributed by atoms with Gasteiger partial charge in [-0.05, 0) is 43.0 Å². The van der Waals surface area contributed by atoms with E-state index < -0.39 is 0 Å². The number of para-hydroxylation sites is 2. The van der Waals surface area contributed by atoms with Gasteiger partial charge in [0, 0.05) is 19.1 Å². The van der Waals surface area contributed by atoms with E-state index >= 15 is 0 Å². The molecule has 0 aliphatic carbocycles. The summed E-state index contributed by atoms with van der Waals surface area (Å²) in [6.45, 7) is 3.15. The number of nitrogens with zero attached hydrogens (tertiary/aromatic N) is 1. The van der Waals surface area contributed by atoms with E-state index in [4.69, 9.17) is 9.47 Å². The highest BCUT2D eigenvalue weighted by molar-refractivity contribution is 5.78. The number of likely N-dealkylation sites (tertiary alicyclic amines) is 1. The Kier molecular flexibility index (Phi) is 6.89. The van der Waals surface area contributed by atoms with E-state index in [1.807, 2.05) is 42.5 Å². The van der Waals surface area contributed by atoms with Gasteiger partial charge in [-0.1, -0.05) is 43.3 Å². The van der Waals surface area contributed by atoms with Gasteiger partial charge < -0.3 is 19.7 Å². The summed E-state index contributed by atoms with van der Waals surface area (Å²) in [6.07, 6.45) is 1.90. The quantitative estimate of drug-likeness (QED) is 0.831. The Morgan fingerprint density at radius 2 is 1.71 bits per heavy atom. The van der Waals surface area contributed by atoms with Crippen molar-refractivity contribution in [1.29, 1.82) is 0 Å². The van der Waals surface area contributed by atoms with E-state index in [0.717, 1.165) is 17.7 Å². The molecule has 0 saturated carbocycles. The summed E-state index contributed by atoms with van der Waals surface area (Å²) in [6, 6.07) is 16.8. The number of ether oxygens (including phenoxy) is 2. The van der Waals surface area contributed by atoms with Crippen molar-refractivity contribution in [1.82, 2.24) is 10.2 Å². The van der Waals surface area contributed by atoms with Crippen LogP contribution in [0.3, 0.4) is 0 Å². The minimum absolute atomic E-state index is 0.00667. The fraction of sp³-hybridized carbons (Fsp3) is 0.364. The summed E-state index contributed by atoms with van der Waals surface area (Å²) in [5.41, 5.74) is 1.08. The lowest BCUT2D eigenvalue weighted by Gasteiger charge is -2.31. The number of carbonyl (C=O) groups is 2. The van der Waals surface area contributed by atoms with Crippen molar-refractivity contribution in [3.63, 3.8) is 0 Å². The average Bonchev–Trinajstić information content (AvgIpc) is 2.73. The molecule has 2 aromatic carbocycles. The summed E-state index contributed by atoms with van der Waals surface area (Å²) in [4.78, 5) is 26.1. The molecule has 1 fully saturated rings. The van der Waals surface area contributed by atoms with Crippen LogP contribution in [-0.2, 0) is 11.2 Å².